The maximum absolute atomic E-state index is 13.4. The second-order valence-electron chi connectivity index (χ2n) is 4.59. The van der Waals surface area contributed by atoms with Crippen molar-refractivity contribution >= 4 is 22.9 Å². The Morgan fingerprint density at radius 2 is 2.16 bits per heavy atom. The first-order valence-corrected chi connectivity index (χ1v) is 5.70. The number of benzene rings is 1. The van der Waals surface area contributed by atoms with Crippen molar-refractivity contribution < 1.29 is 19.1 Å². The van der Waals surface area contributed by atoms with Gasteiger partial charge in [-0.05, 0) is 25.0 Å². The molecule has 1 amide bonds. The summed E-state index contributed by atoms with van der Waals surface area (Å²) in [4.78, 5) is 29.7. The Morgan fingerprint density at radius 1 is 1.42 bits per heavy atom. The maximum Gasteiger partial charge on any atom is 0.329 e. The summed E-state index contributed by atoms with van der Waals surface area (Å²) in [5, 5.41) is 11.5. The minimum absolute atomic E-state index is 0.0313. The quantitative estimate of drug-likeness (QED) is 0.771. The van der Waals surface area contributed by atoms with Crippen LogP contribution in [0.15, 0.2) is 18.5 Å². The van der Waals surface area contributed by atoms with Crippen LogP contribution in [-0.4, -0.2) is 32.5 Å². The zero-order valence-electron chi connectivity index (χ0n) is 9.74. The Balaban J connectivity index is 1.98. The van der Waals surface area contributed by atoms with E-state index in [1.807, 2.05) is 0 Å². The maximum atomic E-state index is 13.4. The monoisotopic (exact) mass is 263 g/mol. The Bertz CT molecular complexity index is 691. The second kappa shape index (κ2) is 3.78. The number of aromatic nitrogens is 2. The molecule has 98 valence electrons. The van der Waals surface area contributed by atoms with E-state index in [1.165, 1.54) is 12.4 Å². The highest BCUT2D eigenvalue weighted by atomic mass is 19.1. The van der Waals surface area contributed by atoms with Crippen molar-refractivity contribution in [1.29, 1.82) is 0 Å². The van der Waals surface area contributed by atoms with Crippen LogP contribution in [0.25, 0.3) is 11.0 Å². The highest BCUT2D eigenvalue weighted by Crippen LogP contribution is 2.36. The Hall–Kier alpha value is -2.44. The molecule has 1 aromatic carbocycles. The van der Waals surface area contributed by atoms with Crippen LogP contribution in [0.1, 0.15) is 23.2 Å². The Morgan fingerprint density at radius 3 is 2.79 bits per heavy atom. The van der Waals surface area contributed by atoms with Crippen molar-refractivity contribution in [2.75, 3.05) is 0 Å². The number of carbonyl (C=O) groups is 2. The number of aromatic amines is 1. The zero-order chi connectivity index (χ0) is 13.6. The first-order chi connectivity index (χ1) is 9.02. The van der Waals surface area contributed by atoms with Gasteiger partial charge in [0, 0.05) is 0 Å². The number of carbonyl (C=O) groups excluding carboxylic acids is 1. The summed E-state index contributed by atoms with van der Waals surface area (Å²) in [6.07, 6.45) is 2.12. The van der Waals surface area contributed by atoms with E-state index in [0.717, 1.165) is 6.07 Å². The van der Waals surface area contributed by atoms with Crippen molar-refractivity contribution in [2.24, 2.45) is 0 Å². The van der Waals surface area contributed by atoms with E-state index in [-0.39, 0.29) is 5.56 Å². The molecule has 7 heteroatoms. The molecule has 1 saturated carbocycles. The fourth-order valence-electron chi connectivity index (χ4n) is 1.99. The highest BCUT2D eigenvalue weighted by Gasteiger charge is 2.51. The highest BCUT2D eigenvalue weighted by molar-refractivity contribution is 6.06. The van der Waals surface area contributed by atoms with E-state index in [0.29, 0.717) is 23.9 Å². The van der Waals surface area contributed by atoms with Gasteiger partial charge in [-0.15, -0.1) is 0 Å². The number of nitrogens with zero attached hydrogens (tertiary/aromatic N) is 1. The van der Waals surface area contributed by atoms with Crippen molar-refractivity contribution in [2.45, 2.75) is 18.4 Å². The lowest BCUT2D eigenvalue weighted by atomic mass is 10.1. The Kier molecular flexibility index (Phi) is 2.31. The fraction of sp³-hybridized carbons (Fsp3) is 0.250. The summed E-state index contributed by atoms with van der Waals surface area (Å²) < 4.78 is 13.4. The molecular weight excluding hydrogens is 253 g/mol. The van der Waals surface area contributed by atoms with E-state index >= 15 is 0 Å². The van der Waals surface area contributed by atoms with Crippen molar-refractivity contribution in [1.82, 2.24) is 15.3 Å². The topological polar surface area (TPSA) is 95.1 Å². The van der Waals surface area contributed by atoms with Gasteiger partial charge in [-0.2, -0.15) is 0 Å². The number of nitrogens with one attached hydrogen (secondary N) is 2. The first kappa shape index (κ1) is 11.6. The minimum atomic E-state index is -1.20. The molecule has 3 rings (SSSR count). The number of hydrogen-bond acceptors (Lipinski definition) is 3. The van der Waals surface area contributed by atoms with Crippen LogP contribution in [0.5, 0.6) is 0 Å². The lowest BCUT2D eigenvalue weighted by Gasteiger charge is -2.12. The molecular formula is C12H10FN3O3. The number of carboxylic acids is 1. The molecule has 2 aromatic rings. The number of aliphatic carboxylic acids is 1. The van der Waals surface area contributed by atoms with Gasteiger partial charge in [0.05, 0.1) is 17.4 Å². The van der Waals surface area contributed by atoms with E-state index in [4.69, 9.17) is 5.11 Å². The number of fused-ring (bicyclic) bond motifs is 1. The average molecular weight is 263 g/mol. The molecule has 0 bridgehead atoms. The number of imidazole rings is 1. The molecule has 0 saturated heterocycles. The van der Waals surface area contributed by atoms with Gasteiger partial charge in [0.1, 0.15) is 16.9 Å². The van der Waals surface area contributed by atoms with Gasteiger partial charge in [0.15, 0.2) is 0 Å². The largest absolute Gasteiger partial charge is 0.480 e. The van der Waals surface area contributed by atoms with Crippen molar-refractivity contribution in [3.05, 3.63) is 29.8 Å². The minimum Gasteiger partial charge on any atom is -0.480 e. The summed E-state index contributed by atoms with van der Waals surface area (Å²) in [6, 6.07) is 2.28. The molecule has 1 heterocycles. The van der Waals surface area contributed by atoms with Crippen molar-refractivity contribution in [3.8, 4) is 0 Å². The smallest absolute Gasteiger partial charge is 0.329 e. The predicted molar refractivity (Wildman–Crippen MR) is 63.1 cm³/mol. The van der Waals surface area contributed by atoms with Gasteiger partial charge in [0.25, 0.3) is 5.91 Å². The lowest BCUT2D eigenvalue weighted by molar-refractivity contribution is -0.140. The number of hydrogen-bond donors (Lipinski definition) is 3. The molecule has 19 heavy (non-hydrogen) atoms. The summed E-state index contributed by atoms with van der Waals surface area (Å²) in [7, 11) is 0. The van der Waals surface area contributed by atoms with Gasteiger partial charge in [-0.25, -0.2) is 14.2 Å². The molecule has 1 aliphatic carbocycles. The van der Waals surface area contributed by atoms with Crippen molar-refractivity contribution in [3.63, 3.8) is 0 Å². The lowest BCUT2D eigenvalue weighted by Crippen LogP contribution is -2.43. The van der Waals surface area contributed by atoms with Gasteiger partial charge < -0.3 is 15.4 Å². The van der Waals surface area contributed by atoms with E-state index in [1.54, 1.807) is 0 Å². The van der Waals surface area contributed by atoms with Gasteiger partial charge in [-0.1, -0.05) is 0 Å². The molecule has 1 aliphatic rings. The number of carboxylic acid groups (broad SMARTS) is 1. The molecule has 0 unspecified atom stereocenters. The normalized spacial score (nSPS) is 16.3. The number of rotatable bonds is 3. The molecule has 3 N–H and O–H groups in total. The molecule has 6 nitrogen and oxygen atoms in total. The first-order valence-electron chi connectivity index (χ1n) is 5.70. The molecule has 1 aromatic heterocycles. The number of halogens is 1. The molecule has 0 atom stereocenters. The van der Waals surface area contributed by atoms with Crippen LogP contribution in [-0.2, 0) is 4.79 Å². The van der Waals surface area contributed by atoms with E-state index in [9.17, 15) is 14.0 Å². The standard InChI is InChI=1S/C12H10FN3O3/c13-6-3-7(9-8(4-6)14-5-15-9)10(17)16-12(1-2-12)11(18)19/h3-5H,1-2H2,(H,14,15)(H,16,17)(H,18,19). The van der Waals surface area contributed by atoms with Crippen LogP contribution >= 0.6 is 0 Å². The predicted octanol–water partition coefficient (Wildman–Crippen LogP) is 1.05. The molecule has 1 fully saturated rings. The summed E-state index contributed by atoms with van der Waals surface area (Å²) in [5.41, 5.74) is -0.458. The molecule has 0 spiro atoms. The van der Waals surface area contributed by atoms with Crippen LogP contribution < -0.4 is 5.32 Å². The van der Waals surface area contributed by atoms with Crippen LogP contribution in [0, 0.1) is 5.82 Å². The third-order valence-corrected chi connectivity index (χ3v) is 3.25. The van der Waals surface area contributed by atoms with Crippen LogP contribution in [0.2, 0.25) is 0 Å². The summed E-state index contributed by atoms with van der Waals surface area (Å²) in [5.74, 6) is -2.28. The van der Waals surface area contributed by atoms with Crippen LogP contribution in [0.3, 0.4) is 0 Å². The Labute approximate surface area is 106 Å². The molecule has 0 aliphatic heterocycles. The summed E-state index contributed by atoms with van der Waals surface area (Å²) >= 11 is 0. The average Bonchev–Trinajstić information content (AvgIpc) is 2.98. The third kappa shape index (κ3) is 1.83. The van der Waals surface area contributed by atoms with E-state index < -0.39 is 23.2 Å². The van der Waals surface area contributed by atoms with Crippen LogP contribution in [0.4, 0.5) is 4.39 Å². The van der Waals surface area contributed by atoms with Gasteiger partial charge in [0.2, 0.25) is 0 Å². The second-order valence-corrected chi connectivity index (χ2v) is 4.59. The summed E-state index contributed by atoms with van der Waals surface area (Å²) in [6.45, 7) is 0. The van der Waals surface area contributed by atoms with Gasteiger partial charge in [-0.3, -0.25) is 4.79 Å². The third-order valence-electron chi connectivity index (χ3n) is 3.25. The molecule has 0 radical (unpaired) electrons. The van der Waals surface area contributed by atoms with E-state index in [2.05, 4.69) is 15.3 Å². The number of amides is 1. The fourth-order valence-corrected chi connectivity index (χ4v) is 1.99. The SMILES string of the molecule is O=C(NC1(C(=O)O)CC1)c1cc(F)cc2[nH]cnc12. The zero-order valence-corrected chi connectivity index (χ0v) is 9.74. The van der Waals surface area contributed by atoms with Gasteiger partial charge >= 0.3 is 5.97 Å². The number of H-pyrrole nitrogens is 1.